The van der Waals surface area contributed by atoms with Crippen LogP contribution in [0.3, 0.4) is 0 Å². The topological polar surface area (TPSA) is 53.5 Å². The predicted molar refractivity (Wildman–Crippen MR) is 77.8 cm³/mol. The summed E-state index contributed by atoms with van der Waals surface area (Å²) in [7, 11) is 3.91. The molecule has 6 nitrogen and oxygen atoms in total. The molecule has 106 valence electrons. The minimum atomic E-state index is -0.165. The molecule has 7 heteroatoms. The van der Waals surface area contributed by atoms with Crippen molar-refractivity contribution in [3.8, 4) is 0 Å². The van der Waals surface area contributed by atoms with Gasteiger partial charge < -0.3 is 9.13 Å². The third-order valence-corrected chi connectivity index (χ3v) is 3.69. The fourth-order valence-corrected chi connectivity index (χ4v) is 2.67. The molecule has 20 heavy (non-hydrogen) atoms. The van der Waals surface area contributed by atoms with Crippen molar-refractivity contribution in [2.45, 2.75) is 25.8 Å². The predicted octanol–water partition coefficient (Wildman–Crippen LogP) is 2.16. The highest BCUT2D eigenvalue weighted by atomic mass is 35.5. The van der Waals surface area contributed by atoms with Crippen LogP contribution in [0.2, 0.25) is 0 Å². The Morgan fingerprint density at radius 1 is 1.35 bits per heavy atom. The normalized spacial score (nSPS) is 13.2. The quantitative estimate of drug-likeness (QED) is 0.695. The van der Waals surface area contributed by atoms with Crippen LogP contribution in [-0.4, -0.2) is 28.9 Å². The van der Waals surface area contributed by atoms with E-state index in [1.807, 2.05) is 43.4 Å². The van der Waals surface area contributed by atoms with E-state index in [0.717, 1.165) is 28.5 Å². The molecule has 0 aliphatic heterocycles. The molecule has 3 aromatic rings. The maximum atomic E-state index is 6.28. The summed E-state index contributed by atoms with van der Waals surface area (Å²) in [5, 5.41) is 4.26. The van der Waals surface area contributed by atoms with Crippen LogP contribution in [0.4, 0.5) is 0 Å². The molecular weight excluding hydrogens is 276 g/mol. The molecule has 0 saturated carbocycles. The number of alkyl halides is 1. The van der Waals surface area contributed by atoms with Gasteiger partial charge in [0.1, 0.15) is 17.2 Å². The summed E-state index contributed by atoms with van der Waals surface area (Å²) in [6.45, 7) is 4.52. The van der Waals surface area contributed by atoms with Crippen molar-refractivity contribution in [2.24, 2.45) is 14.1 Å². The maximum absolute atomic E-state index is 6.28. The average Bonchev–Trinajstić information content (AvgIpc) is 3.01. The summed E-state index contributed by atoms with van der Waals surface area (Å²) in [6.07, 6.45) is 3.73. The van der Waals surface area contributed by atoms with Gasteiger partial charge in [-0.15, -0.1) is 11.6 Å². The molecule has 3 rings (SSSR count). The van der Waals surface area contributed by atoms with Gasteiger partial charge in [-0.25, -0.2) is 9.97 Å². The highest BCUT2D eigenvalue weighted by Gasteiger charge is 2.21. The lowest BCUT2D eigenvalue weighted by Crippen LogP contribution is -2.12. The third kappa shape index (κ3) is 1.91. The van der Waals surface area contributed by atoms with Crippen molar-refractivity contribution in [3.63, 3.8) is 0 Å². The molecule has 1 unspecified atom stereocenters. The van der Waals surface area contributed by atoms with Crippen molar-refractivity contribution in [1.82, 2.24) is 28.9 Å². The van der Waals surface area contributed by atoms with Crippen LogP contribution < -0.4 is 0 Å². The van der Waals surface area contributed by atoms with Crippen molar-refractivity contribution < 1.29 is 0 Å². The van der Waals surface area contributed by atoms with Crippen molar-refractivity contribution in [3.05, 3.63) is 29.7 Å². The molecule has 0 aliphatic carbocycles. The molecule has 0 N–H and O–H groups in total. The van der Waals surface area contributed by atoms with Crippen LogP contribution in [0, 0.1) is 6.92 Å². The summed E-state index contributed by atoms with van der Waals surface area (Å²) in [6, 6.07) is 0. The fourth-order valence-electron chi connectivity index (χ4n) is 2.50. The number of nitrogens with zero attached hydrogens (tertiary/aromatic N) is 6. The highest BCUT2D eigenvalue weighted by Crippen LogP contribution is 2.26. The van der Waals surface area contributed by atoms with Crippen molar-refractivity contribution in [1.29, 1.82) is 0 Å². The molecule has 1 atom stereocenters. The zero-order valence-corrected chi connectivity index (χ0v) is 12.8. The van der Waals surface area contributed by atoms with Crippen molar-refractivity contribution >= 4 is 22.8 Å². The lowest BCUT2D eigenvalue weighted by molar-refractivity contribution is 0.648. The fraction of sp³-hybridized carbons (Fsp3) is 0.462. The van der Waals surface area contributed by atoms with E-state index < -0.39 is 0 Å². The van der Waals surface area contributed by atoms with E-state index in [-0.39, 0.29) is 5.38 Å². The Morgan fingerprint density at radius 2 is 2.10 bits per heavy atom. The Kier molecular flexibility index (Phi) is 3.05. The molecule has 0 spiro atoms. The second-order valence-electron chi connectivity index (χ2n) is 5.01. The number of halogens is 1. The molecule has 0 radical (unpaired) electrons. The number of fused-ring (bicyclic) bond motifs is 1. The second-order valence-corrected chi connectivity index (χ2v) is 5.66. The van der Waals surface area contributed by atoms with Crippen LogP contribution in [0.5, 0.6) is 0 Å². The number of aromatic nitrogens is 6. The maximum Gasteiger partial charge on any atom is 0.159 e. The SMILES string of the molecule is Cc1nn(C)c2c1nc(C(C)Cl)n2Cc1nccn1C. The van der Waals surface area contributed by atoms with Gasteiger partial charge in [-0.05, 0) is 13.8 Å². The Labute approximate surface area is 122 Å². The highest BCUT2D eigenvalue weighted by molar-refractivity contribution is 6.20. The van der Waals surface area contributed by atoms with Gasteiger partial charge in [0, 0.05) is 26.5 Å². The molecule has 3 heterocycles. The Balaban J connectivity index is 2.21. The monoisotopic (exact) mass is 292 g/mol. The summed E-state index contributed by atoms with van der Waals surface area (Å²) in [5.74, 6) is 1.81. The zero-order valence-electron chi connectivity index (χ0n) is 12.0. The van der Waals surface area contributed by atoms with E-state index in [2.05, 4.69) is 19.6 Å². The minimum absolute atomic E-state index is 0.165. The van der Waals surface area contributed by atoms with Gasteiger partial charge in [-0.3, -0.25) is 4.68 Å². The van der Waals surface area contributed by atoms with Gasteiger partial charge in [0.05, 0.1) is 17.6 Å². The zero-order chi connectivity index (χ0) is 14.4. The summed E-state index contributed by atoms with van der Waals surface area (Å²) in [5.41, 5.74) is 2.80. The van der Waals surface area contributed by atoms with E-state index in [1.54, 1.807) is 6.20 Å². The van der Waals surface area contributed by atoms with Crippen LogP contribution in [0.15, 0.2) is 12.4 Å². The summed E-state index contributed by atoms with van der Waals surface area (Å²) in [4.78, 5) is 9.03. The lowest BCUT2D eigenvalue weighted by atomic mass is 10.4. The van der Waals surface area contributed by atoms with E-state index in [4.69, 9.17) is 11.6 Å². The van der Waals surface area contributed by atoms with Crippen LogP contribution in [0.25, 0.3) is 11.2 Å². The first-order chi connectivity index (χ1) is 9.49. The first-order valence-electron chi connectivity index (χ1n) is 6.49. The van der Waals surface area contributed by atoms with Gasteiger partial charge >= 0.3 is 0 Å². The first kappa shape index (κ1) is 13.2. The number of hydrogen-bond donors (Lipinski definition) is 0. The van der Waals surface area contributed by atoms with Crippen molar-refractivity contribution in [2.75, 3.05) is 0 Å². The Morgan fingerprint density at radius 3 is 2.70 bits per heavy atom. The summed E-state index contributed by atoms with van der Waals surface area (Å²) < 4.78 is 5.94. The van der Waals surface area contributed by atoms with Gasteiger partial charge in [-0.2, -0.15) is 5.10 Å². The van der Waals surface area contributed by atoms with E-state index in [0.29, 0.717) is 6.54 Å². The molecule has 0 fully saturated rings. The van der Waals surface area contributed by atoms with E-state index in [1.165, 1.54) is 0 Å². The van der Waals surface area contributed by atoms with Crippen LogP contribution in [0.1, 0.15) is 29.6 Å². The average molecular weight is 293 g/mol. The number of hydrogen-bond acceptors (Lipinski definition) is 3. The van der Waals surface area contributed by atoms with Crippen LogP contribution >= 0.6 is 11.6 Å². The standard InChI is InChI=1S/C13H17ClN6/c1-8(14)12-16-11-9(2)17-19(4)13(11)20(12)7-10-15-5-6-18(10)3/h5-6,8H,7H2,1-4H3. The van der Waals surface area contributed by atoms with Crippen LogP contribution in [-0.2, 0) is 20.6 Å². The number of aryl methyl sites for hydroxylation is 3. The molecule has 0 saturated heterocycles. The molecule has 0 aromatic carbocycles. The molecule has 0 amide bonds. The van der Waals surface area contributed by atoms with E-state index >= 15 is 0 Å². The smallest absolute Gasteiger partial charge is 0.159 e. The third-order valence-electron chi connectivity index (χ3n) is 3.50. The Hall–Kier alpha value is -1.82. The number of imidazole rings is 2. The Bertz CT molecular complexity index is 763. The molecule has 0 bridgehead atoms. The first-order valence-corrected chi connectivity index (χ1v) is 6.92. The van der Waals surface area contributed by atoms with Gasteiger partial charge in [0.2, 0.25) is 0 Å². The molecule has 0 aliphatic rings. The van der Waals surface area contributed by atoms with E-state index in [9.17, 15) is 0 Å². The molecule has 3 aromatic heterocycles. The van der Waals surface area contributed by atoms with Gasteiger partial charge in [0.25, 0.3) is 0 Å². The lowest BCUT2D eigenvalue weighted by Gasteiger charge is -2.10. The second kappa shape index (κ2) is 4.63. The largest absolute Gasteiger partial charge is 0.337 e. The molecular formula is C13H17ClN6. The van der Waals surface area contributed by atoms with Gasteiger partial charge in [0.15, 0.2) is 5.65 Å². The summed E-state index contributed by atoms with van der Waals surface area (Å²) >= 11 is 6.28. The number of rotatable bonds is 3. The van der Waals surface area contributed by atoms with Gasteiger partial charge in [-0.1, -0.05) is 0 Å². The minimum Gasteiger partial charge on any atom is -0.337 e.